The van der Waals surface area contributed by atoms with Crippen molar-refractivity contribution in [1.82, 2.24) is 9.80 Å². The predicted molar refractivity (Wildman–Crippen MR) is 84.5 cm³/mol. The number of likely N-dealkylation sites (tertiary alicyclic amines) is 1. The third-order valence-corrected chi connectivity index (χ3v) is 4.31. The van der Waals surface area contributed by atoms with Gasteiger partial charge in [0.25, 0.3) is 0 Å². The molecule has 1 aliphatic rings. The fraction of sp³-hybridized carbons (Fsp3) is 0.529. The number of hydrogen-bond donors (Lipinski definition) is 1. The minimum atomic E-state index is -0.759. The fourth-order valence-corrected chi connectivity index (χ4v) is 2.84. The van der Waals surface area contributed by atoms with Crippen LogP contribution in [0.25, 0.3) is 0 Å². The fourth-order valence-electron chi connectivity index (χ4n) is 2.84. The minimum absolute atomic E-state index is 0.0364. The average molecular weight is 304 g/mol. The first-order valence-corrected chi connectivity index (χ1v) is 7.71. The van der Waals surface area contributed by atoms with Crippen LogP contribution in [0.15, 0.2) is 24.3 Å². The third-order valence-electron chi connectivity index (χ3n) is 4.31. The summed E-state index contributed by atoms with van der Waals surface area (Å²) in [5, 5.41) is 9.10. The van der Waals surface area contributed by atoms with E-state index in [0.717, 1.165) is 18.5 Å². The molecule has 1 heterocycles. The van der Waals surface area contributed by atoms with Crippen LogP contribution in [0.4, 0.5) is 0 Å². The maximum Gasteiger partial charge on any atom is 0.307 e. The Bertz CT molecular complexity index is 544. The highest BCUT2D eigenvalue weighted by molar-refractivity contribution is 5.78. The molecule has 0 saturated carbocycles. The summed E-state index contributed by atoms with van der Waals surface area (Å²) in [5.41, 5.74) is 2.31. The molecule has 0 aromatic heterocycles. The minimum Gasteiger partial charge on any atom is -0.481 e. The summed E-state index contributed by atoms with van der Waals surface area (Å²) in [7, 11) is 1.80. The number of nitrogens with zero attached hydrogens (tertiary/aromatic N) is 2. The van der Waals surface area contributed by atoms with E-state index < -0.39 is 5.97 Å². The Morgan fingerprint density at radius 2 is 2.09 bits per heavy atom. The predicted octanol–water partition coefficient (Wildman–Crippen LogP) is 1.75. The van der Waals surface area contributed by atoms with Gasteiger partial charge in [-0.3, -0.25) is 14.5 Å². The standard InChI is InChI=1S/C17H24N2O3/c1-13-6-3-4-7-14(13)10-18(2)16(20)12-19-9-5-8-15(11-19)17(21)22/h3-4,6-7,15H,5,8-12H2,1-2H3,(H,21,22). The lowest BCUT2D eigenvalue weighted by atomic mass is 9.98. The van der Waals surface area contributed by atoms with E-state index in [2.05, 4.69) is 0 Å². The molecule has 1 aliphatic heterocycles. The number of hydrogen-bond acceptors (Lipinski definition) is 3. The Kier molecular flexibility index (Phi) is 5.55. The van der Waals surface area contributed by atoms with Crippen LogP contribution < -0.4 is 0 Å². The van der Waals surface area contributed by atoms with E-state index >= 15 is 0 Å². The number of rotatable bonds is 5. The van der Waals surface area contributed by atoms with Crippen LogP contribution in [-0.2, 0) is 16.1 Å². The first-order chi connectivity index (χ1) is 10.5. The number of carboxylic acid groups (broad SMARTS) is 1. The van der Waals surface area contributed by atoms with E-state index in [-0.39, 0.29) is 11.8 Å². The van der Waals surface area contributed by atoms with Crippen molar-refractivity contribution in [3.05, 3.63) is 35.4 Å². The van der Waals surface area contributed by atoms with E-state index in [9.17, 15) is 9.59 Å². The lowest BCUT2D eigenvalue weighted by molar-refractivity contribution is -0.144. The lowest BCUT2D eigenvalue weighted by Gasteiger charge is -2.31. The monoisotopic (exact) mass is 304 g/mol. The molecule has 1 saturated heterocycles. The number of aryl methyl sites for hydroxylation is 1. The molecule has 0 aliphatic carbocycles. The van der Waals surface area contributed by atoms with Crippen LogP contribution in [0.1, 0.15) is 24.0 Å². The zero-order chi connectivity index (χ0) is 16.1. The van der Waals surface area contributed by atoms with Gasteiger partial charge in [0.05, 0.1) is 12.5 Å². The van der Waals surface area contributed by atoms with Gasteiger partial charge >= 0.3 is 5.97 Å². The molecule has 0 spiro atoms. The van der Waals surface area contributed by atoms with Gasteiger partial charge in [-0.15, -0.1) is 0 Å². The van der Waals surface area contributed by atoms with Gasteiger partial charge in [-0.25, -0.2) is 0 Å². The quantitative estimate of drug-likeness (QED) is 0.900. The first-order valence-electron chi connectivity index (χ1n) is 7.71. The molecule has 1 aromatic carbocycles. The van der Waals surface area contributed by atoms with E-state index in [0.29, 0.717) is 26.1 Å². The summed E-state index contributed by atoms with van der Waals surface area (Å²) >= 11 is 0. The topological polar surface area (TPSA) is 60.9 Å². The normalized spacial score (nSPS) is 18.9. The summed E-state index contributed by atoms with van der Waals surface area (Å²) in [5.74, 6) is -1.07. The highest BCUT2D eigenvalue weighted by Gasteiger charge is 2.27. The SMILES string of the molecule is Cc1ccccc1CN(C)C(=O)CN1CCCC(C(=O)O)C1. The molecule has 1 atom stereocenters. The molecule has 1 aromatic rings. The maximum atomic E-state index is 12.3. The summed E-state index contributed by atoms with van der Waals surface area (Å²) in [6, 6.07) is 8.03. The first kappa shape index (κ1) is 16.5. The van der Waals surface area contributed by atoms with Crippen LogP contribution in [0.5, 0.6) is 0 Å². The molecule has 1 fully saturated rings. The van der Waals surface area contributed by atoms with E-state index in [4.69, 9.17) is 5.11 Å². The summed E-state index contributed by atoms with van der Waals surface area (Å²) < 4.78 is 0. The van der Waals surface area contributed by atoms with Crippen LogP contribution in [0.3, 0.4) is 0 Å². The number of amides is 1. The largest absolute Gasteiger partial charge is 0.481 e. The van der Waals surface area contributed by atoms with Gasteiger partial charge in [-0.1, -0.05) is 24.3 Å². The highest BCUT2D eigenvalue weighted by Crippen LogP contribution is 2.17. The van der Waals surface area contributed by atoms with Gasteiger partial charge in [-0.05, 0) is 37.4 Å². The van der Waals surface area contributed by atoms with Crippen molar-refractivity contribution in [3.8, 4) is 0 Å². The van der Waals surface area contributed by atoms with Gasteiger partial charge in [0.1, 0.15) is 0 Å². The molecular weight excluding hydrogens is 280 g/mol. The lowest BCUT2D eigenvalue weighted by Crippen LogP contribution is -2.44. The Hall–Kier alpha value is -1.88. The molecule has 1 amide bonds. The van der Waals surface area contributed by atoms with Gasteiger partial charge in [0.15, 0.2) is 0 Å². The molecule has 2 rings (SSSR count). The molecule has 1 unspecified atom stereocenters. The Labute approximate surface area is 131 Å². The molecule has 5 heteroatoms. The zero-order valence-corrected chi connectivity index (χ0v) is 13.3. The number of likely N-dealkylation sites (N-methyl/N-ethyl adjacent to an activating group) is 1. The van der Waals surface area contributed by atoms with Gasteiger partial charge in [0, 0.05) is 20.1 Å². The van der Waals surface area contributed by atoms with E-state index in [1.807, 2.05) is 36.1 Å². The van der Waals surface area contributed by atoms with E-state index in [1.54, 1.807) is 11.9 Å². The summed E-state index contributed by atoms with van der Waals surface area (Å²) in [6.07, 6.45) is 1.55. The number of carboxylic acids is 1. The second kappa shape index (κ2) is 7.40. The molecule has 0 bridgehead atoms. The van der Waals surface area contributed by atoms with Crippen LogP contribution in [0.2, 0.25) is 0 Å². The van der Waals surface area contributed by atoms with Gasteiger partial charge in [0.2, 0.25) is 5.91 Å². The van der Waals surface area contributed by atoms with Crippen LogP contribution >= 0.6 is 0 Å². The number of piperidine rings is 1. The average Bonchev–Trinajstić information content (AvgIpc) is 2.49. The van der Waals surface area contributed by atoms with Crippen molar-refractivity contribution < 1.29 is 14.7 Å². The number of carbonyl (C=O) groups is 2. The Morgan fingerprint density at radius 3 is 2.77 bits per heavy atom. The Balaban J connectivity index is 1.88. The number of aliphatic carboxylic acids is 1. The maximum absolute atomic E-state index is 12.3. The van der Waals surface area contributed by atoms with Gasteiger partial charge < -0.3 is 10.0 Å². The molecule has 120 valence electrons. The molecule has 1 N–H and O–H groups in total. The van der Waals surface area contributed by atoms with E-state index in [1.165, 1.54) is 5.56 Å². The van der Waals surface area contributed by atoms with Crippen molar-refractivity contribution in [3.63, 3.8) is 0 Å². The second-order valence-corrected chi connectivity index (χ2v) is 6.09. The molecule has 22 heavy (non-hydrogen) atoms. The Morgan fingerprint density at radius 1 is 1.36 bits per heavy atom. The highest BCUT2D eigenvalue weighted by atomic mass is 16.4. The summed E-state index contributed by atoms with van der Waals surface area (Å²) in [4.78, 5) is 27.1. The van der Waals surface area contributed by atoms with Crippen molar-refractivity contribution in [1.29, 1.82) is 0 Å². The zero-order valence-electron chi connectivity index (χ0n) is 13.3. The second-order valence-electron chi connectivity index (χ2n) is 6.09. The van der Waals surface area contributed by atoms with Crippen LogP contribution in [-0.4, -0.2) is 53.5 Å². The summed E-state index contributed by atoms with van der Waals surface area (Å²) in [6.45, 7) is 4.19. The third kappa shape index (κ3) is 4.31. The molecular formula is C17H24N2O3. The number of benzene rings is 1. The van der Waals surface area contributed by atoms with Gasteiger partial charge in [-0.2, -0.15) is 0 Å². The number of carbonyl (C=O) groups excluding carboxylic acids is 1. The molecule has 0 radical (unpaired) electrons. The smallest absolute Gasteiger partial charge is 0.307 e. The van der Waals surface area contributed by atoms with Crippen molar-refractivity contribution >= 4 is 11.9 Å². The van der Waals surface area contributed by atoms with Crippen LogP contribution in [0, 0.1) is 12.8 Å². The van der Waals surface area contributed by atoms with Crippen molar-refractivity contribution in [2.75, 3.05) is 26.7 Å². The molecule has 5 nitrogen and oxygen atoms in total. The van der Waals surface area contributed by atoms with Crippen molar-refractivity contribution in [2.45, 2.75) is 26.3 Å². The van der Waals surface area contributed by atoms with Crippen molar-refractivity contribution in [2.24, 2.45) is 5.92 Å².